The average molecular weight is 818 g/mol. The summed E-state index contributed by atoms with van der Waals surface area (Å²) in [4.78, 5) is 14.2. The van der Waals surface area contributed by atoms with Crippen molar-refractivity contribution in [2.24, 2.45) is 0 Å². The molecule has 0 unspecified atom stereocenters. The molecule has 0 aliphatic heterocycles. The van der Waals surface area contributed by atoms with Gasteiger partial charge in [0.15, 0.2) is 0 Å². The standard InChI is InChI=1S/C46H75NO11/c1-3-4-5-6-7-8-9-10-11-16-22-49-24-26-51-28-30-53-32-34-55-36-38-57-39-37-56-35-33-54-31-29-52-27-25-50-23-21-47(2)46(48)58-40-45-43-19-14-12-17-41(43)42-18-13-15-20-44(42)45/h12-15,17-20,45H,3-11,16,21-40H2,1-2H3. The van der Waals surface area contributed by atoms with Crippen molar-refractivity contribution in [2.45, 2.75) is 77.0 Å². The topological polar surface area (TPSA) is 113 Å². The van der Waals surface area contributed by atoms with E-state index in [1.54, 1.807) is 11.9 Å². The monoisotopic (exact) mass is 818 g/mol. The molecule has 58 heavy (non-hydrogen) atoms. The number of amides is 1. The third kappa shape index (κ3) is 23.2. The van der Waals surface area contributed by atoms with E-state index >= 15 is 0 Å². The van der Waals surface area contributed by atoms with Gasteiger partial charge in [-0.05, 0) is 28.7 Å². The summed E-state index contributed by atoms with van der Waals surface area (Å²) in [5.41, 5.74) is 4.81. The Hall–Kier alpha value is -2.65. The number of carbonyl (C=O) groups excluding carboxylic acids is 1. The Morgan fingerprint density at radius 1 is 0.448 bits per heavy atom. The van der Waals surface area contributed by atoms with Gasteiger partial charge in [0.25, 0.3) is 0 Å². The van der Waals surface area contributed by atoms with Gasteiger partial charge >= 0.3 is 6.09 Å². The quantitative estimate of drug-likeness (QED) is 0.0612. The number of nitrogens with zero attached hydrogens (tertiary/aromatic N) is 1. The van der Waals surface area contributed by atoms with E-state index in [1.165, 1.54) is 80.0 Å². The molecule has 12 heteroatoms. The lowest BCUT2D eigenvalue weighted by atomic mass is 9.98. The van der Waals surface area contributed by atoms with Crippen LogP contribution in [0.4, 0.5) is 4.79 Å². The van der Waals surface area contributed by atoms with Crippen LogP contribution in [0, 0.1) is 0 Å². The smallest absolute Gasteiger partial charge is 0.409 e. The molecule has 0 N–H and O–H groups in total. The summed E-state index contributed by atoms with van der Waals surface area (Å²) in [5.74, 6) is 0.0416. The van der Waals surface area contributed by atoms with Crippen LogP contribution in [0.15, 0.2) is 48.5 Å². The SMILES string of the molecule is CCCCCCCCCCCCOCCOCCOCCOCCOCCOCCOCCOCCOCCN(C)C(=O)OCC1c2ccccc2-c2ccccc21. The molecule has 1 amide bonds. The number of likely N-dealkylation sites (N-methyl/N-ethyl adjacent to an activating group) is 1. The molecule has 0 radical (unpaired) electrons. The van der Waals surface area contributed by atoms with Crippen LogP contribution in [0.2, 0.25) is 0 Å². The van der Waals surface area contributed by atoms with Crippen LogP contribution in [0.1, 0.15) is 88.2 Å². The lowest BCUT2D eigenvalue weighted by molar-refractivity contribution is -0.0252. The second-order valence-electron chi connectivity index (χ2n) is 14.4. The highest BCUT2D eigenvalue weighted by atomic mass is 16.6. The summed E-state index contributed by atoms with van der Waals surface area (Å²) in [7, 11) is 1.72. The number of carbonyl (C=O) groups is 1. The summed E-state index contributed by atoms with van der Waals surface area (Å²) < 4.78 is 55.8. The van der Waals surface area contributed by atoms with Gasteiger partial charge < -0.3 is 52.3 Å². The molecule has 3 rings (SSSR count). The molecule has 0 saturated carbocycles. The second kappa shape index (κ2) is 35.1. The molecule has 0 saturated heterocycles. The summed E-state index contributed by atoms with van der Waals surface area (Å²) in [6.07, 6.45) is 13.0. The highest BCUT2D eigenvalue weighted by Crippen LogP contribution is 2.44. The number of benzene rings is 2. The first kappa shape index (κ1) is 49.7. The van der Waals surface area contributed by atoms with Gasteiger partial charge in [-0.15, -0.1) is 0 Å². The Bertz CT molecular complexity index is 1220. The third-order valence-corrected chi connectivity index (χ3v) is 9.84. The Labute approximate surface area is 349 Å². The molecule has 330 valence electrons. The van der Waals surface area contributed by atoms with Gasteiger partial charge in [0.05, 0.1) is 112 Å². The Balaban J connectivity index is 0.950. The number of hydrogen-bond donors (Lipinski definition) is 0. The van der Waals surface area contributed by atoms with Crippen LogP contribution >= 0.6 is 0 Å². The van der Waals surface area contributed by atoms with Gasteiger partial charge in [-0.1, -0.05) is 113 Å². The Morgan fingerprint density at radius 3 is 1.17 bits per heavy atom. The van der Waals surface area contributed by atoms with E-state index in [2.05, 4.69) is 31.2 Å². The van der Waals surface area contributed by atoms with Crippen LogP contribution in [0.25, 0.3) is 11.1 Å². The van der Waals surface area contributed by atoms with Crippen molar-refractivity contribution in [3.63, 3.8) is 0 Å². The molecule has 1 aliphatic rings. The zero-order valence-corrected chi connectivity index (χ0v) is 35.8. The zero-order valence-electron chi connectivity index (χ0n) is 35.8. The van der Waals surface area contributed by atoms with Gasteiger partial charge in [0.1, 0.15) is 6.61 Å². The molecular formula is C46H75NO11. The van der Waals surface area contributed by atoms with E-state index < -0.39 is 0 Å². The maximum absolute atomic E-state index is 12.6. The first-order chi connectivity index (χ1) is 28.7. The zero-order chi connectivity index (χ0) is 41.0. The van der Waals surface area contributed by atoms with Gasteiger partial charge in [-0.3, -0.25) is 0 Å². The van der Waals surface area contributed by atoms with Gasteiger partial charge in [0, 0.05) is 26.1 Å². The second-order valence-corrected chi connectivity index (χ2v) is 14.4. The largest absolute Gasteiger partial charge is 0.448 e. The van der Waals surface area contributed by atoms with Crippen LogP contribution in [0.3, 0.4) is 0 Å². The highest BCUT2D eigenvalue weighted by molar-refractivity contribution is 5.79. The Morgan fingerprint density at radius 2 is 0.776 bits per heavy atom. The molecular weight excluding hydrogens is 743 g/mol. The number of fused-ring (bicyclic) bond motifs is 3. The molecule has 0 heterocycles. The van der Waals surface area contributed by atoms with Gasteiger partial charge in [0.2, 0.25) is 0 Å². The van der Waals surface area contributed by atoms with E-state index in [4.69, 9.17) is 47.4 Å². The van der Waals surface area contributed by atoms with Crippen molar-refractivity contribution < 1.29 is 52.2 Å². The third-order valence-electron chi connectivity index (χ3n) is 9.84. The lowest BCUT2D eigenvalue weighted by Crippen LogP contribution is -2.32. The van der Waals surface area contributed by atoms with Gasteiger partial charge in [-0.25, -0.2) is 4.79 Å². The van der Waals surface area contributed by atoms with E-state index in [0.717, 1.165) is 13.0 Å². The van der Waals surface area contributed by atoms with Crippen molar-refractivity contribution in [1.82, 2.24) is 4.90 Å². The maximum atomic E-state index is 12.6. The molecule has 0 bridgehead atoms. The minimum atomic E-state index is -0.360. The molecule has 1 aliphatic carbocycles. The molecule has 0 atom stereocenters. The van der Waals surface area contributed by atoms with Crippen molar-refractivity contribution in [1.29, 1.82) is 0 Å². The fourth-order valence-electron chi connectivity index (χ4n) is 6.55. The predicted octanol–water partition coefficient (Wildman–Crippen LogP) is 7.94. The normalized spacial score (nSPS) is 12.2. The predicted molar refractivity (Wildman–Crippen MR) is 227 cm³/mol. The van der Waals surface area contributed by atoms with E-state index in [9.17, 15) is 4.79 Å². The number of unbranched alkanes of at least 4 members (excludes halogenated alkanes) is 9. The first-order valence-corrected chi connectivity index (χ1v) is 22.0. The van der Waals surface area contributed by atoms with Crippen LogP contribution in [-0.2, 0) is 47.4 Å². The Kier molecular flexibility index (Phi) is 30.1. The van der Waals surface area contributed by atoms with Crippen molar-refractivity contribution in [3.05, 3.63) is 59.7 Å². The first-order valence-electron chi connectivity index (χ1n) is 22.0. The highest BCUT2D eigenvalue weighted by Gasteiger charge is 2.29. The van der Waals surface area contributed by atoms with Crippen molar-refractivity contribution >= 4 is 6.09 Å². The van der Waals surface area contributed by atoms with E-state index in [0.29, 0.717) is 125 Å². The number of rotatable bonds is 40. The van der Waals surface area contributed by atoms with E-state index in [-0.39, 0.29) is 12.0 Å². The average Bonchev–Trinajstić information content (AvgIpc) is 3.57. The minimum Gasteiger partial charge on any atom is -0.448 e. The van der Waals surface area contributed by atoms with Crippen molar-refractivity contribution in [3.8, 4) is 11.1 Å². The molecule has 2 aromatic carbocycles. The maximum Gasteiger partial charge on any atom is 0.409 e. The van der Waals surface area contributed by atoms with E-state index in [1.807, 2.05) is 24.3 Å². The molecule has 0 spiro atoms. The fourth-order valence-corrected chi connectivity index (χ4v) is 6.55. The summed E-state index contributed by atoms with van der Waals surface area (Å²) >= 11 is 0. The lowest BCUT2D eigenvalue weighted by Gasteiger charge is -2.19. The summed E-state index contributed by atoms with van der Waals surface area (Å²) in [5, 5.41) is 0. The summed E-state index contributed by atoms with van der Waals surface area (Å²) in [6, 6.07) is 16.6. The van der Waals surface area contributed by atoms with Crippen LogP contribution < -0.4 is 0 Å². The molecule has 0 fully saturated rings. The van der Waals surface area contributed by atoms with Crippen molar-refractivity contribution in [2.75, 3.05) is 139 Å². The minimum absolute atomic E-state index is 0.0416. The summed E-state index contributed by atoms with van der Waals surface area (Å²) in [6.45, 7) is 12.5. The molecule has 12 nitrogen and oxygen atoms in total. The van der Waals surface area contributed by atoms with Crippen LogP contribution in [-0.4, -0.2) is 150 Å². The van der Waals surface area contributed by atoms with Crippen LogP contribution in [0.5, 0.6) is 0 Å². The number of hydrogen-bond acceptors (Lipinski definition) is 11. The molecule has 2 aromatic rings. The van der Waals surface area contributed by atoms with Gasteiger partial charge in [-0.2, -0.15) is 0 Å². The number of ether oxygens (including phenoxy) is 10. The molecule has 0 aromatic heterocycles. The fraction of sp³-hybridized carbons (Fsp3) is 0.717.